The van der Waals surface area contributed by atoms with Crippen LogP contribution in [0.3, 0.4) is 0 Å². The second-order valence-electron chi connectivity index (χ2n) is 3.39. The minimum absolute atomic E-state index is 0.222. The molecule has 1 aromatic carbocycles. The lowest BCUT2D eigenvalue weighted by molar-refractivity contribution is 0.0697. The summed E-state index contributed by atoms with van der Waals surface area (Å²) in [5.41, 5.74) is 8.11. The summed E-state index contributed by atoms with van der Waals surface area (Å²) < 4.78 is 0. The van der Waals surface area contributed by atoms with Gasteiger partial charge < -0.3 is 10.8 Å². The summed E-state index contributed by atoms with van der Waals surface area (Å²) in [6.45, 7) is 1.85. The third-order valence-electron chi connectivity index (χ3n) is 2.22. The zero-order chi connectivity index (χ0) is 11.0. The van der Waals surface area contributed by atoms with Crippen LogP contribution in [0.25, 0.3) is 10.9 Å². The number of anilines is 1. The smallest absolute Gasteiger partial charge is 0.335 e. The Hall–Kier alpha value is -2.10. The predicted octanol–water partition coefficient (Wildman–Crippen LogP) is 1.82. The molecule has 0 unspecified atom stereocenters. The summed E-state index contributed by atoms with van der Waals surface area (Å²) >= 11 is 0. The highest BCUT2D eigenvalue weighted by molar-refractivity contribution is 5.97. The van der Waals surface area contributed by atoms with E-state index in [1.165, 1.54) is 6.07 Å². The number of carboxylic acids is 1. The molecule has 0 saturated carbocycles. The van der Waals surface area contributed by atoms with Crippen LogP contribution < -0.4 is 5.73 Å². The first-order chi connectivity index (χ1) is 7.08. The first kappa shape index (κ1) is 9.45. The van der Waals surface area contributed by atoms with E-state index < -0.39 is 5.97 Å². The third kappa shape index (κ3) is 1.61. The largest absolute Gasteiger partial charge is 0.478 e. The van der Waals surface area contributed by atoms with Crippen molar-refractivity contribution in [3.63, 3.8) is 0 Å². The molecule has 0 atom stereocenters. The molecule has 76 valence electrons. The molecular weight excluding hydrogens is 192 g/mol. The monoisotopic (exact) mass is 202 g/mol. The van der Waals surface area contributed by atoms with Gasteiger partial charge in [0.05, 0.1) is 11.1 Å². The summed E-state index contributed by atoms with van der Waals surface area (Å²) in [5, 5.41) is 9.51. The molecule has 0 aliphatic rings. The fourth-order valence-corrected chi connectivity index (χ4v) is 1.52. The predicted molar refractivity (Wildman–Crippen MR) is 57.9 cm³/mol. The van der Waals surface area contributed by atoms with Gasteiger partial charge in [0.2, 0.25) is 0 Å². The SMILES string of the molecule is Cc1cc(N)c2cc(C(=O)O)ccc2n1. The molecule has 2 aromatic rings. The summed E-state index contributed by atoms with van der Waals surface area (Å²) in [6.07, 6.45) is 0. The van der Waals surface area contributed by atoms with Crippen molar-refractivity contribution in [1.82, 2.24) is 4.98 Å². The van der Waals surface area contributed by atoms with Crippen molar-refractivity contribution in [3.05, 3.63) is 35.5 Å². The van der Waals surface area contributed by atoms with Crippen LogP contribution in [0.5, 0.6) is 0 Å². The van der Waals surface area contributed by atoms with Gasteiger partial charge in [-0.2, -0.15) is 0 Å². The highest BCUT2D eigenvalue weighted by atomic mass is 16.4. The molecule has 0 amide bonds. The van der Waals surface area contributed by atoms with E-state index in [1.807, 2.05) is 6.92 Å². The fourth-order valence-electron chi connectivity index (χ4n) is 1.52. The lowest BCUT2D eigenvalue weighted by Crippen LogP contribution is -1.98. The Morgan fingerprint density at radius 2 is 2.13 bits per heavy atom. The van der Waals surface area contributed by atoms with E-state index in [-0.39, 0.29) is 5.56 Å². The highest BCUT2D eigenvalue weighted by Crippen LogP contribution is 2.21. The summed E-state index contributed by atoms with van der Waals surface area (Å²) in [4.78, 5) is 15.0. The van der Waals surface area contributed by atoms with Gasteiger partial charge in [0.1, 0.15) is 0 Å². The number of carbonyl (C=O) groups is 1. The second kappa shape index (κ2) is 3.24. The van der Waals surface area contributed by atoms with Crippen LogP contribution in [-0.2, 0) is 0 Å². The molecule has 4 heteroatoms. The van der Waals surface area contributed by atoms with E-state index in [2.05, 4.69) is 4.98 Å². The maximum atomic E-state index is 10.8. The van der Waals surface area contributed by atoms with E-state index in [4.69, 9.17) is 10.8 Å². The molecule has 0 aliphatic carbocycles. The van der Waals surface area contributed by atoms with Gasteiger partial charge in [-0.3, -0.25) is 4.98 Å². The van der Waals surface area contributed by atoms with Gasteiger partial charge in [-0.1, -0.05) is 0 Å². The van der Waals surface area contributed by atoms with Crippen LogP contribution >= 0.6 is 0 Å². The average molecular weight is 202 g/mol. The van der Waals surface area contributed by atoms with Crippen LogP contribution in [0.4, 0.5) is 5.69 Å². The van der Waals surface area contributed by atoms with Crippen molar-refractivity contribution in [3.8, 4) is 0 Å². The number of benzene rings is 1. The molecule has 0 saturated heterocycles. The number of fused-ring (bicyclic) bond motifs is 1. The number of aromatic nitrogens is 1. The Bertz CT molecular complexity index is 550. The topological polar surface area (TPSA) is 76.2 Å². The molecule has 2 rings (SSSR count). The lowest BCUT2D eigenvalue weighted by Gasteiger charge is -2.04. The number of pyridine rings is 1. The Labute approximate surface area is 86.4 Å². The minimum Gasteiger partial charge on any atom is -0.478 e. The molecule has 4 nitrogen and oxygen atoms in total. The number of aryl methyl sites for hydroxylation is 1. The van der Waals surface area contributed by atoms with Gasteiger partial charge >= 0.3 is 5.97 Å². The number of hydrogen-bond acceptors (Lipinski definition) is 3. The maximum Gasteiger partial charge on any atom is 0.335 e. The van der Waals surface area contributed by atoms with Crippen molar-refractivity contribution in [1.29, 1.82) is 0 Å². The van der Waals surface area contributed by atoms with E-state index in [9.17, 15) is 4.79 Å². The first-order valence-corrected chi connectivity index (χ1v) is 4.48. The quantitative estimate of drug-likeness (QED) is 0.739. The highest BCUT2D eigenvalue weighted by Gasteiger charge is 2.06. The maximum absolute atomic E-state index is 10.8. The molecule has 0 fully saturated rings. The number of carboxylic acid groups (broad SMARTS) is 1. The standard InChI is InChI=1S/C11H10N2O2/c1-6-4-9(12)8-5-7(11(14)15)2-3-10(8)13-6/h2-5H,1H3,(H2,12,13)(H,14,15). The van der Waals surface area contributed by atoms with Crippen LogP contribution in [0, 0.1) is 6.92 Å². The van der Waals surface area contributed by atoms with Gasteiger partial charge in [0, 0.05) is 16.8 Å². The van der Waals surface area contributed by atoms with Crippen molar-refractivity contribution < 1.29 is 9.90 Å². The Morgan fingerprint density at radius 3 is 2.80 bits per heavy atom. The van der Waals surface area contributed by atoms with Crippen LogP contribution in [0.1, 0.15) is 16.1 Å². The van der Waals surface area contributed by atoms with E-state index >= 15 is 0 Å². The van der Waals surface area contributed by atoms with Gasteiger partial charge in [0.15, 0.2) is 0 Å². The fraction of sp³-hybridized carbons (Fsp3) is 0.0909. The van der Waals surface area contributed by atoms with Crippen LogP contribution in [-0.4, -0.2) is 16.1 Å². The van der Waals surface area contributed by atoms with E-state index in [0.29, 0.717) is 11.1 Å². The number of aromatic carboxylic acids is 1. The Balaban J connectivity index is 2.76. The second-order valence-corrected chi connectivity index (χ2v) is 3.39. The molecule has 1 aromatic heterocycles. The normalized spacial score (nSPS) is 10.5. The lowest BCUT2D eigenvalue weighted by atomic mass is 10.1. The molecule has 0 spiro atoms. The van der Waals surface area contributed by atoms with E-state index in [0.717, 1.165) is 11.2 Å². The molecule has 0 radical (unpaired) electrons. The van der Waals surface area contributed by atoms with E-state index in [1.54, 1.807) is 18.2 Å². The molecule has 3 N–H and O–H groups in total. The number of nitrogens with two attached hydrogens (primary N) is 1. The Kier molecular flexibility index (Phi) is 2.04. The first-order valence-electron chi connectivity index (χ1n) is 4.48. The van der Waals surface area contributed by atoms with Crippen molar-refractivity contribution in [2.75, 3.05) is 5.73 Å². The molecule has 0 aliphatic heterocycles. The third-order valence-corrected chi connectivity index (χ3v) is 2.22. The van der Waals surface area contributed by atoms with Crippen LogP contribution in [0.15, 0.2) is 24.3 Å². The average Bonchev–Trinajstić information content (AvgIpc) is 2.16. The summed E-state index contributed by atoms with van der Waals surface area (Å²) in [7, 11) is 0. The van der Waals surface area contributed by atoms with Gasteiger partial charge in [0.25, 0.3) is 0 Å². The van der Waals surface area contributed by atoms with Gasteiger partial charge in [-0.25, -0.2) is 4.79 Å². The number of nitrogen functional groups attached to an aromatic ring is 1. The molecule has 1 heterocycles. The number of rotatable bonds is 1. The summed E-state index contributed by atoms with van der Waals surface area (Å²) in [6, 6.07) is 6.46. The number of hydrogen-bond donors (Lipinski definition) is 2. The zero-order valence-corrected chi connectivity index (χ0v) is 8.19. The molecular formula is C11H10N2O2. The zero-order valence-electron chi connectivity index (χ0n) is 8.19. The minimum atomic E-state index is -0.961. The van der Waals surface area contributed by atoms with Crippen molar-refractivity contribution in [2.45, 2.75) is 6.92 Å². The van der Waals surface area contributed by atoms with Gasteiger partial charge in [-0.05, 0) is 31.2 Å². The summed E-state index contributed by atoms with van der Waals surface area (Å²) in [5.74, 6) is -0.961. The molecule has 0 bridgehead atoms. The van der Waals surface area contributed by atoms with Crippen molar-refractivity contribution in [2.24, 2.45) is 0 Å². The number of nitrogens with zero attached hydrogens (tertiary/aromatic N) is 1. The van der Waals surface area contributed by atoms with Crippen molar-refractivity contribution >= 4 is 22.6 Å². The molecule has 15 heavy (non-hydrogen) atoms. The Morgan fingerprint density at radius 1 is 1.40 bits per heavy atom. The van der Waals surface area contributed by atoms with Crippen LogP contribution in [0.2, 0.25) is 0 Å². The van der Waals surface area contributed by atoms with Gasteiger partial charge in [-0.15, -0.1) is 0 Å².